The van der Waals surface area contributed by atoms with Crippen molar-refractivity contribution < 1.29 is 42.7 Å². The standard InChI is InChI=1S/C36H44O9/c1-7-20-39-25-26(40-21-23-14-10-8-11-15-23)29-30(44-34(4,5)43-29)27(41-22-24-16-12-9-13-17-24)28(25)42-32(38)36-19-18-35(6,31(37)45-36)33(36,2)3/h7-17,25-30H,1,18-22H2,2-6H3/t25-,26-,27-,28+,29+,30+,35-,36+/m0/s1. The van der Waals surface area contributed by atoms with Crippen molar-refractivity contribution in [3.63, 3.8) is 0 Å². The highest BCUT2D eigenvalue weighted by Crippen LogP contribution is 2.66. The molecule has 2 bridgehead atoms. The number of rotatable bonds is 11. The lowest BCUT2D eigenvalue weighted by Crippen LogP contribution is -2.66. The fourth-order valence-electron chi connectivity index (χ4n) is 7.41. The van der Waals surface area contributed by atoms with E-state index < -0.39 is 64.8 Å². The first-order chi connectivity index (χ1) is 21.4. The average Bonchev–Trinajstić information content (AvgIpc) is 3.51. The minimum Gasteiger partial charge on any atom is -0.454 e. The summed E-state index contributed by atoms with van der Waals surface area (Å²) in [5.74, 6) is -1.96. The zero-order valence-electron chi connectivity index (χ0n) is 26.7. The monoisotopic (exact) mass is 620 g/mol. The summed E-state index contributed by atoms with van der Waals surface area (Å²) in [6, 6.07) is 19.5. The van der Waals surface area contributed by atoms with Crippen molar-refractivity contribution in [2.75, 3.05) is 6.61 Å². The number of carbonyl (C=O) groups excluding carboxylic acids is 2. The lowest BCUT2D eigenvalue weighted by atomic mass is 9.66. The lowest BCUT2D eigenvalue weighted by molar-refractivity contribution is -0.250. The highest BCUT2D eigenvalue weighted by atomic mass is 16.8. The number of fused-ring (bicyclic) bond motifs is 3. The molecule has 6 rings (SSSR count). The minimum atomic E-state index is -1.44. The van der Waals surface area contributed by atoms with Crippen LogP contribution in [0.2, 0.25) is 0 Å². The average molecular weight is 621 g/mol. The van der Waals surface area contributed by atoms with Gasteiger partial charge in [0, 0.05) is 5.41 Å². The van der Waals surface area contributed by atoms with Crippen LogP contribution in [0.4, 0.5) is 0 Å². The molecule has 2 heterocycles. The Morgan fingerprint density at radius 1 is 0.800 bits per heavy atom. The third kappa shape index (κ3) is 5.42. The fourth-order valence-corrected chi connectivity index (χ4v) is 7.41. The van der Waals surface area contributed by atoms with Gasteiger partial charge in [0.15, 0.2) is 11.9 Å². The van der Waals surface area contributed by atoms with Crippen LogP contribution >= 0.6 is 0 Å². The molecule has 0 unspecified atom stereocenters. The predicted molar refractivity (Wildman–Crippen MR) is 164 cm³/mol. The number of carbonyl (C=O) groups is 2. The molecule has 0 spiro atoms. The Balaban J connectivity index is 1.38. The molecule has 4 fully saturated rings. The van der Waals surface area contributed by atoms with E-state index in [-0.39, 0.29) is 25.8 Å². The van der Waals surface area contributed by atoms with Gasteiger partial charge in [0.05, 0.1) is 25.2 Å². The number of hydrogen-bond donors (Lipinski definition) is 0. The molecule has 0 radical (unpaired) electrons. The summed E-state index contributed by atoms with van der Waals surface area (Å²) in [6.07, 6.45) is -2.02. The lowest BCUT2D eigenvalue weighted by Gasteiger charge is -2.47. The van der Waals surface area contributed by atoms with Gasteiger partial charge in [-0.15, -0.1) is 6.58 Å². The number of ether oxygens (including phenoxy) is 7. The van der Waals surface area contributed by atoms with E-state index in [0.717, 1.165) is 11.1 Å². The van der Waals surface area contributed by atoms with Crippen LogP contribution in [0.3, 0.4) is 0 Å². The summed E-state index contributed by atoms with van der Waals surface area (Å²) >= 11 is 0. The molecule has 4 aliphatic rings. The molecule has 2 saturated heterocycles. The van der Waals surface area contributed by atoms with Crippen molar-refractivity contribution >= 4 is 11.9 Å². The molecule has 9 heteroatoms. The quantitative estimate of drug-likeness (QED) is 0.245. The minimum absolute atomic E-state index is 0.167. The van der Waals surface area contributed by atoms with E-state index in [1.165, 1.54) is 0 Å². The molecule has 2 saturated carbocycles. The van der Waals surface area contributed by atoms with Crippen molar-refractivity contribution in [3.8, 4) is 0 Å². The maximum atomic E-state index is 14.4. The number of hydrogen-bond acceptors (Lipinski definition) is 9. The summed E-state index contributed by atoms with van der Waals surface area (Å²) in [7, 11) is 0. The van der Waals surface area contributed by atoms with E-state index in [2.05, 4.69) is 6.58 Å². The predicted octanol–water partition coefficient (Wildman–Crippen LogP) is 5.30. The first-order valence-electron chi connectivity index (χ1n) is 15.8. The van der Waals surface area contributed by atoms with Crippen LogP contribution in [-0.4, -0.2) is 66.6 Å². The third-order valence-corrected chi connectivity index (χ3v) is 10.4. The number of benzene rings is 2. The maximum absolute atomic E-state index is 14.4. The molecule has 0 aromatic heterocycles. The first kappa shape index (κ1) is 31.9. The summed E-state index contributed by atoms with van der Waals surface area (Å²) < 4.78 is 44.9. The third-order valence-electron chi connectivity index (χ3n) is 10.4. The van der Waals surface area contributed by atoms with Crippen LogP contribution in [0.5, 0.6) is 0 Å². The Bertz CT molecular complexity index is 1390. The molecule has 2 aliphatic carbocycles. The van der Waals surface area contributed by atoms with Crippen molar-refractivity contribution in [1.82, 2.24) is 0 Å². The summed E-state index contributed by atoms with van der Waals surface area (Å²) in [5.41, 5.74) is -1.11. The van der Waals surface area contributed by atoms with Gasteiger partial charge in [0.25, 0.3) is 0 Å². The molecule has 2 aromatic rings. The smallest absolute Gasteiger partial charge is 0.351 e. The fraction of sp³-hybridized carbons (Fsp3) is 0.556. The Morgan fingerprint density at radius 2 is 1.33 bits per heavy atom. The largest absolute Gasteiger partial charge is 0.454 e. The van der Waals surface area contributed by atoms with Crippen LogP contribution in [0, 0.1) is 10.8 Å². The first-order valence-corrected chi connectivity index (χ1v) is 15.8. The zero-order chi connectivity index (χ0) is 32.0. The summed E-state index contributed by atoms with van der Waals surface area (Å²) in [5, 5.41) is 0. The molecule has 242 valence electrons. The van der Waals surface area contributed by atoms with Crippen molar-refractivity contribution in [2.24, 2.45) is 10.8 Å². The van der Waals surface area contributed by atoms with E-state index in [4.69, 9.17) is 33.2 Å². The summed E-state index contributed by atoms with van der Waals surface area (Å²) in [4.78, 5) is 27.4. The van der Waals surface area contributed by atoms with Crippen molar-refractivity contribution in [3.05, 3.63) is 84.4 Å². The van der Waals surface area contributed by atoms with Gasteiger partial charge >= 0.3 is 11.9 Å². The molecule has 9 nitrogen and oxygen atoms in total. The van der Waals surface area contributed by atoms with Gasteiger partial charge in [-0.2, -0.15) is 0 Å². The zero-order valence-corrected chi connectivity index (χ0v) is 26.7. The van der Waals surface area contributed by atoms with Gasteiger partial charge in [0.1, 0.15) is 30.5 Å². The van der Waals surface area contributed by atoms with Gasteiger partial charge in [-0.1, -0.05) is 80.6 Å². The van der Waals surface area contributed by atoms with Crippen LogP contribution in [0.15, 0.2) is 73.3 Å². The second kappa shape index (κ2) is 11.9. The molecular formula is C36H44O9. The van der Waals surface area contributed by atoms with Gasteiger partial charge in [0.2, 0.25) is 5.60 Å². The molecular weight excluding hydrogens is 576 g/mol. The molecule has 2 aromatic carbocycles. The van der Waals surface area contributed by atoms with Crippen LogP contribution < -0.4 is 0 Å². The van der Waals surface area contributed by atoms with Gasteiger partial charge in [-0.3, -0.25) is 4.79 Å². The maximum Gasteiger partial charge on any atom is 0.351 e. The van der Waals surface area contributed by atoms with Gasteiger partial charge in [-0.05, 0) is 44.7 Å². The van der Waals surface area contributed by atoms with Crippen molar-refractivity contribution in [1.29, 1.82) is 0 Å². The van der Waals surface area contributed by atoms with E-state index in [0.29, 0.717) is 12.8 Å². The van der Waals surface area contributed by atoms with Gasteiger partial charge < -0.3 is 33.2 Å². The van der Waals surface area contributed by atoms with E-state index in [1.807, 2.05) is 95.3 Å². The Hall–Kier alpha value is -3.08. The Kier molecular flexibility index (Phi) is 8.46. The Morgan fingerprint density at radius 3 is 1.80 bits per heavy atom. The summed E-state index contributed by atoms with van der Waals surface area (Å²) in [6.45, 7) is 13.9. The van der Waals surface area contributed by atoms with Crippen LogP contribution in [-0.2, 0) is 56.0 Å². The highest BCUT2D eigenvalue weighted by Gasteiger charge is 2.77. The van der Waals surface area contributed by atoms with E-state index >= 15 is 0 Å². The SMILES string of the molecule is C=CCO[C@H]1[C@H](OCc2ccccc2)[C@H]2OC(C)(C)O[C@@H]2[C@@H](OCc2ccccc2)[C@@H]1OC(=O)[C@@]12CC[C@@](C)(C(=O)O1)C2(C)C. The molecule has 8 atom stereocenters. The topological polar surface area (TPSA) is 98.8 Å². The van der Waals surface area contributed by atoms with E-state index in [1.54, 1.807) is 6.08 Å². The molecule has 2 aliphatic heterocycles. The molecule has 0 amide bonds. The van der Waals surface area contributed by atoms with Crippen LogP contribution in [0.1, 0.15) is 58.6 Å². The normalized spacial score (nSPS) is 35.9. The number of esters is 2. The van der Waals surface area contributed by atoms with Gasteiger partial charge in [-0.25, -0.2) is 4.79 Å². The second-order valence-electron chi connectivity index (χ2n) is 13.7. The Labute approximate surface area is 265 Å². The van der Waals surface area contributed by atoms with E-state index in [9.17, 15) is 9.59 Å². The van der Waals surface area contributed by atoms with Crippen LogP contribution in [0.25, 0.3) is 0 Å². The van der Waals surface area contributed by atoms with Crippen molar-refractivity contribution in [2.45, 2.75) is 109 Å². The molecule has 45 heavy (non-hydrogen) atoms. The molecule has 0 N–H and O–H groups in total. The second-order valence-corrected chi connectivity index (χ2v) is 13.7. The highest BCUT2D eigenvalue weighted by molar-refractivity contribution is 5.93.